The van der Waals surface area contributed by atoms with Gasteiger partial charge in [0.2, 0.25) is 0 Å². The van der Waals surface area contributed by atoms with E-state index < -0.39 is 5.91 Å². The smallest absolute Gasteiger partial charge is 0.271 e. The van der Waals surface area contributed by atoms with E-state index in [0.717, 1.165) is 19.6 Å². The molecule has 1 heterocycles. The van der Waals surface area contributed by atoms with Crippen molar-refractivity contribution in [3.8, 4) is 0 Å². The first kappa shape index (κ1) is 14.4. The third-order valence-electron chi connectivity index (χ3n) is 3.52. The van der Waals surface area contributed by atoms with Crippen molar-refractivity contribution >= 4 is 0 Å². The summed E-state index contributed by atoms with van der Waals surface area (Å²) in [4.78, 5) is 2.15. The predicted octanol–water partition coefficient (Wildman–Crippen LogP) is 1.01. The highest BCUT2D eigenvalue weighted by molar-refractivity contribution is 5.15. The van der Waals surface area contributed by atoms with Crippen LogP contribution in [0, 0.1) is 0 Å². The third-order valence-corrected chi connectivity index (χ3v) is 3.52. The van der Waals surface area contributed by atoms with Crippen molar-refractivity contribution in [1.29, 1.82) is 0 Å². The zero-order valence-electron chi connectivity index (χ0n) is 11.8. The average Bonchev–Trinajstić information content (AvgIpc) is 2.48. The Morgan fingerprint density at radius 1 is 1.21 bits per heavy atom. The van der Waals surface area contributed by atoms with Gasteiger partial charge in [-0.15, -0.1) is 0 Å². The molecule has 0 amide bonds. The van der Waals surface area contributed by atoms with Crippen LogP contribution in [0.15, 0.2) is 30.3 Å². The van der Waals surface area contributed by atoms with Gasteiger partial charge in [-0.3, -0.25) is 5.32 Å². The Labute approximate surface area is 114 Å². The van der Waals surface area contributed by atoms with Gasteiger partial charge in [0.1, 0.15) is 0 Å². The van der Waals surface area contributed by atoms with Crippen molar-refractivity contribution in [2.45, 2.75) is 18.7 Å². The van der Waals surface area contributed by atoms with Gasteiger partial charge in [-0.2, -0.15) is 0 Å². The summed E-state index contributed by atoms with van der Waals surface area (Å²) in [6.45, 7) is 2.42. The Bertz CT molecular complexity index is 382. The molecule has 5 heteroatoms. The van der Waals surface area contributed by atoms with Crippen LogP contribution in [0.25, 0.3) is 0 Å². The molecule has 1 atom stereocenters. The van der Waals surface area contributed by atoms with Crippen LogP contribution in [0.5, 0.6) is 0 Å². The summed E-state index contributed by atoms with van der Waals surface area (Å²) in [6, 6.07) is 10.3. The van der Waals surface area contributed by atoms with Crippen molar-refractivity contribution in [2.75, 3.05) is 34.4 Å². The molecule has 1 aliphatic rings. The van der Waals surface area contributed by atoms with Gasteiger partial charge < -0.3 is 14.2 Å². The quantitative estimate of drug-likeness (QED) is 0.806. The molecule has 1 N–H and O–H groups in total. The van der Waals surface area contributed by atoms with Crippen molar-refractivity contribution < 1.29 is 14.2 Å². The third kappa shape index (κ3) is 2.80. The molecule has 1 saturated heterocycles. The molecule has 0 aliphatic carbocycles. The molecule has 1 aliphatic heterocycles. The summed E-state index contributed by atoms with van der Waals surface area (Å²) < 4.78 is 16.7. The minimum Gasteiger partial charge on any atom is -0.359 e. The van der Waals surface area contributed by atoms with Gasteiger partial charge >= 0.3 is 0 Å². The largest absolute Gasteiger partial charge is 0.359 e. The minimum absolute atomic E-state index is 0.319. The van der Waals surface area contributed by atoms with Gasteiger partial charge in [0.15, 0.2) is 6.23 Å². The lowest BCUT2D eigenvalue weighted by Crippen LogP contribution is -2.69. The second kappa shape index (κ2) is 6.45. The first-order chi connectivity index (χ1) is 9.26. The number of nitrogens with zero attached hydrogens (tertiary/aromatic N) is 1. The Morgan fingerprint density at radius 2 is 1.89 bits per heavy atom. The van der Waals surface area contributed by atoms with Crippen molar-refractivity contribution in [2.24, 2.45) is 0 Å². The molecule has 1 unspecified atom stereocenters. The highest BCUT2D eigenvalue weighted by Crippen LogP contribution is 2.27. The van der Waals surface area contributed by atoms with Crippen molar-refractivity contribution in [3.05, 3.63) is 35.9 Å². The van der Waals surface area contributed by atoms with Gasteiger partial charge in [0.05, 0.1) is 0 Å². The maximum absolute atomic E-state index is 5.63. The van der Waals surface area contributed by atoms with Crippen molar-refractivity contribution in [3.63, 3.8) is 0 Å². The van der Waals surface area contributed by atoms with Crippen LogP contribution < -0.4 is 5.32 Å². The van der Waals surface area contributed by atoms with E-state index in [1.807, 2.05) is 18.2 Å². The standard InChI is InChI=1S/C14H22N2O3/c1-17-13-14(18-2,19-3)16(10-9-15-13)11-12-7-5-4-6-8-12/h4-8,13,15H,9-11H2,1-3H3. The number of hydrogen-bond acceptors (Lipinski definition) is 5. The highest BCUT2D eigenvalue weighted by atomic mass is 16.7. The summed E-state index contributed by atoms with van der Waals surface area (Å²) in [7, 11) is 4.93. The van der Waals surface area contributed by atoms with Crippen LogP contribution in [-0.2, 0) is 20.8 Å². The summed E-state index contributed by atoms with van der Waals surface area (Å²) in [6.07, 6.45) is -0.319. The minimum atomic E-state index is -0.900. The molecule has 0 bridgehead atoms. The number of piperazine rings is 1. The summed E-state index contributed by atoms with van der Waals surface area (Å²) >= 11 is 0. The van der Waals surface area contributed by atoms with Crippen LogP contribution in [0.3, 0.4) is 0 Å². The van der Waals surface area contributed by atoms with E-state index in [1.165, 1.54) is 5.56 Å². The van der Waals surface area contributed by atoms with Crippen LogP contribution in [0.4, 0.5) is 0 Å². The number of hydrogen-bond donors (Lipinski definition) is 1. The van der Waals surface area contributed by atoms with Gasteiger partial charge in [-0.05, 0) is 5.56 Å². The fraction of sp³-hybridized carbons (Fsp3) is 0.571. The van der Waals surface area contributed by atoms with Gasteiger partial charge in [-0.25, -0.2) is 4.90 Å². The number of nitrogens with one attached hydrogen (secondary N) is 1. The summed E-state index contributed by atoms with van der Waals surface area (Å²) in [5.41, 5.74) is 1.22. The fourth-order valence-electron chi connectivity index (χ4n) is 2.56. The molecule has 2 rings (SSSR count). The molecule has 19 heavy (non-hydrogen) atoms. The number of ether oxygens (including phenoxy) is 3. The SMILES string of the molecule is COC1NCCN(Cc2ccccc2)C1(OC)OC. The highest BCUT2D eigenvalue weighted by Gasteiger charge is 2.48. The normalized spacial score (nSPS) is 23.4. The average molecular weight is 266 g/mol. The van der Waals surface area contributed by atoms with Gasteiger partial charge in [0.25, 0.3) is 5.91 Å². The van der Waals surface area contributed by atoms with Crippen LogP contribution in [0.2, 0.25) is 0 Å². The zero-order valence-corrected chi connectivity index (χ0v) is 11.8. The second-order valence-corrected chi connectivity index (χ2v) is 4.52. The first-order valence-electron chi connectivity index (χ1n) is 6.42. The Balaban J connectivity index is 2.21. The Kier molecular flexibility index (Phi) is 4.90. The van der Waals surface area contributed by atoms with E-state index in [4.69, 9.17) is 14.2 Å². The molecular weight excluding hydrogens is 244 g/mol. The zero-order chi connectivity index (χ0) is 13.7. The maximum Gasteiger partial charge on any atom is 0.271 e. The summed E-state index contributed by atoms with van der Waals surface area (Å²) in [5, 5.41) is 3.26. The summed E-state index contributed by atoms with van der Waals surface area (Å²) in [5.74, 6) is -0.900. The number of benzene rings is 1. The van der Waals surface area contributed by atoms with Gasteiger partial charge in [0, 0.05) is 41.0 Å². The van der Waals surface area contributed by atoms with Crippen molar-refractivity contribution in [1.82, 2.24) is 10.2 Å². The predicted molar refractivity (Wildman–Crippen MR) is 72.4 cm³/mol. The monoisotopic (exact) mass is 266 g/mol. The molecule has 1 aromatic carbocycles. The molecule has 106 valence electrons. The van der Waals surface area contributed by atoms with E-state index >= 15 is 0 Å². The van der Waals surface area contributed by atoms with E-state index in [2.05, 4.69) is 22.3 Å². The number of rotatable bonds is 5. The first-order valence-corrected chi connectivity index (χ1v) is 6.42. The van der Waals surface area contributed by atoms with Gasteiger partial charge in [-0.1, -0.05) is 30.3 Å². The lowest BCUT2D eigenvalue weighted by atomic mass is 10.1. The molecule has 0 spiro atoms. The van der Waals surface area contributed by atoms with Crippen LogP contribution in [-0.4, -0.2) is 51.5 Å². The molecule has 0 saturated carbocycles. The molecule has 0 aromatic heterocycles. The van der Waals surface area contributed by atoms with Crippen LogP contribution in [0.1, 0.15) is 5.56 Å². The molecule has 1 aromatic rings. The van der Waals surface area contributed by atoms with E-state index in [9.17, 15) is 0 Å². The Hall–Kier alpha value is -0.980. The second-order valence-electron chi connectivity index (χ2n) is 4.52. The molecule has 5 nitrogen and oxygen atoms in total. The van der Waals surface area contributed by atoms with E-state index in [0.29, 0.717) is 0 Å². The fourth-order valence-corrected chi connectivity index (χ4v) is 2.56. The van der Waals surface area contributed by atoms with E-state index in [-0.39, 0.29) is 6.23 Å². The molecule has 0 radical (unpaired) electrons. The lowest BCUT2D eigenvalue weighted by Gasteiger charge is -2.48. The topological polar surface area (TPSA) is 43.0 Å². The van der Waals surface area contributed by atoms with Crippen LogP contribution >= 0.6 is 0 Å². The number of methoxy groups -OCH3 is 3. The Morgan fingerprint density at radius 3 is 2.47 bits per heavy atom. The molecule has 1 fully saturated rings. The lowest BCUT2D eigenvalue weighted by molar-refractivity contribution is -0.358. The van der Waals surface area contributed by atoms with E-state index in [1.54, 1.807) is 21.3 Å². The maximum atomic E-state index is 5.63. The molecular formula is C14H22N2O3.